The predicted octanol–water partition coefficient (Wildman–Crippen LogP) is 0.935. The minimum Gasteiger partial charge on any atom is -0.324 e. The summed E-state index contributed by atoms with van der Waals surface area (Å²) >= 11 is 1.46. The number of rotatable bonds is 2. The monoisotopic (exact) mass is 304 g/mol. The van der Waals surface area contributed by atoms with E-state index in [0.29, 0.717) is 23.5 Å². The van der Waals surface area contributed by atoms with Gasteiger partial charge in [-0.25, -0.2) is 5.43 Å². The molecule has 3 N–H and O–H groups in total. The summed E-state index contributed by atoms with van der Waals surface area (Å²) in [5, 5.41) is 9.21. The summed E-state index contributed by atoms with van der Waals surface area (Å²) in [6.07, 6.45) is 0.568. The molecule has 2 aliphatic rings. The summed E-state index contributed by atoms with van der Waals surface area (Å²) in [6.45, 7) is 0. The van der Waals surface area contributed by atoms with E-state index in [1.165, 1.54) is 11.8 Å². The second-order valence-corrected chi connectivity index (χ2v) is 5.61. The lowest BCUT2D eigenvalue weighted by molar-refractivity contribution is -0.121. The molecule has 0 bridgehead atoms. The lowest BCUT2D eigenvalue weighted by atomic mass is 10.1. The smallest absolute Gasteiger partial charge is 0.271 e. The largest absolute Gasteiger partial charge is 0.324 e. The molecule has 0 spiro atoms. The highest BCUT2D eigenvalue weighted by molar-refractivity contribution is 8.00. The van der Waals surface area contributed by atoms with Gasteiger partial charge in [-0.05, 0) is 18.2 Å². The van der Waals surface area contributed by atoms with Crippen molar-refractivity contribution in [1.82, 2.24) is 5.43 Å². The highest BCUT2D eigenvalue weighted by Crippen LogP contribution is 2.33. The van der Waals surface area contributed by atoms with Gasteiger partial charge in [0.15, 0.2) is 0 Å². The minimum absolute atomic E-state index is 0.0599. The third-order valence-corrected chi connectivity index (χ3v) is 4.11. The summed E-state index contributed by atoms with van der Waals surface area (Å²) in [5.41, 5.74) is 3.82. The van der Waals surface area contributed by atoms with Crippen molar-refractivity contribution in [1.29, 1.82) is 0 Å². The van der Waals surface area contributed by atoms with Gasteiger partial charge in [-0.1, -0.05) is 0 Å². The highest BCUT2D eigenvalue weighted by atomic mass is 32.2. The lowest BCUT2D eigenvalue weighted by Crippen LogP contribution is -2.32. The zero-order valence-corrected chi connectivity index (χ0v) is 11.8. The van der Waals surface area contributed by atoms with Crippen molar-refractivity contribution in [2.75, 3.05) is 16.4 Å². The van der Waals surface area contributed by atoms with Crippen molar-refractivity contribution in [2.45, 2.75) is 17.7 Å². The molecule has 0 aromatic heterocycles. The first kappa shape index (κ1) is 13.6. The second kappa shape index (κ2) is 5.57. The van der Waals surface area contributed by atoms with Gasteiger partial charge in [0.2, 0.25) is 11.8 Å². The molecule has 3 amide bonds. The molecule has 7 nitrogen and oxygen atoms in total. The first-order valence-electron chi connectivity index (χ1n) is 6.35. The molecule has 0 atom stereocenters. The number of benzene rings is 1. The Balaban J connectivity index is 1.73. The zero-order chi connectivity index (χ0) is 14.8. The van der Waals surface area contributed by atoms with Crippen LogP contribution >= 0.6 is 11.8 Å². The third-order valence-electron chi connectivity index (χ3n) is 3.04. The molecular weight excluding hydrogens is 292 g/mol. The summed E-state index contributed by atoms with van der Waals surface area (Å²) in [4.78, 5) is 35.3. The first-order chi connectivity index (χ1) is 10.1. The van der Waals surface area contributed by atoms with Crippen molar-refractivity contribution in [2.24, 2.45) is 5.10 Å². The lowest BCUT2D eigenvalue weighted by Gasteiger charge is -2.17. The first-order valence-corrected chi connectivity index (χ1v) is 7.34. The van der Waals surface area contributed by atoms with Crippen LogP contribution in [-0.2, 0) is 14.4 Å². The van der Waals surface area contributed by atoms with Crippen molar-refractivity contribution in [3.8, 4) is 0 Å². The Labute approximate surface area is 124 Å². The predicted molar refractivity (Wildman–Crippen MR) is 79.2 cm³/mol. The fourth-order valence-corrected chi connectivity index (χ4v) is 2.79. The van der Waals surface area contributed by atoms with Crippen LogP contribution in [0.15, 0.2) is 28.2 Å². The van der Waals surface area contributed by atoms with Crippen LogP contribution in [0.4, 0.5) is 11.4 Å². The van der Waals surface area contributed by atoms with Crippen LogP contribution < -0.4 is 16.1 Å². The van der Waals surface area contributed by atoms with Crippen LogP contribution in [0.3, 0.4) is 0 Å². The van der Waals surface area contributed by atoms with Gasteiger partial charge >= 0.3 is 0 Å². The molecule has 1 aromatic carbocycles. The molecule has 2 aliphatic heterocycles. The standard InChI is InChI=1S/C13H12N4O3S/c18-11-4-2-8(16-17-11)13(20)14-7-1-3-10-9(5-7)15-12(19)6-21-10/h1,3,5H,2,4,6H2,(H,14,20)(H,15,19)(H,17,18). The Kier molecular flexibility index (Phi) is 3.61. The number of nitrogens with one attached hydrogen (secondary N) is 3. The summed E-state index contributed by atoms with van der Waals surface area (Å²) in [6, 6.07) is 5.32. The quantitative estimate of drug-likeness (QED) is 0.757. The molecule has 0 saturated carbocycles. The fraction of sp³-hybridized carbons (Fsp3) is 0.231. The Morgan fingerprint density at radius 1 is 1.24 bits per heavy atom. The Morgan fingerprint density at radius 3 is 2.86 bits per heavy atom. The summed E-state index contributed by atoms with van der Waals surface area (Å²) in [7, 11) is 0. The molecule has 8 heteroatoms. The van der Waals surface area contributed by atoms with Gasteiger partial charge in [-0.2, -0.15) is 5.10 Å². The van der Waals surface area contributed by atoms with Crippen LogP contribution in [0.25, 0.3) is 0 Å². The van der Waals surface area contributed by atoms with Gasteiger partial charge < -0.3 is 10.6 Å². The number of fused-ring (bicyclic) bond motifs is 1. The normalized spacial score (nSPS) is 17.2. The van der Waals surface area contributed by atoms with Gasteiger partial charge in [-0.15, -0.1) is 11.8 Å². The zero-order valence-electron chi connectivity index (χ0n) is 10.9. The van der Waals surface area contributed by atoms with Crippen molar-refractivity contribution < 1.29 is 14.4 Å². The SMILES string of the molecule is O=C1CCC(C(=O)Nc2ccc3c(c2)NC(=O)CS3)=NN1. The summed E-state index contributed by atoms with van der Waals surface area (Å²) in [5.74, 6) is -0.213. The van der Waals surface area contributed by atoms with Crippen molar-refractivity contribution >= 4 is 46.6 Å². The molecule has 108 valence electrons. The second-order valence-electron chi connectivity index (χ2n) is 4.60. The van der Waals surface area contributed by atoms with E-state index in [1.54, 1.807) is 12.1 Å². The van der Waals surface area contributed by atoms with E-state index in [9.17, 15) is 14.4 Å². The topological polar surface area (TPSA) is 99.7 Å². The Morgan fingerprint density at radius 2 is 2.10 bits per heavy atom. The van der Waals surface area contributed by atoms with E-state index < -0.39 is 0 Å². The molecule has 21 heavy (non-hydrogen) atoms. The molecule has 3 rings (SSSR count). The Bertz CT molecular complexity index is 671. The molecule has 0 radical (unpaired) electrons. The average Bonchev–Trinajstić information content (AvgIpc) is 2.47. The van der Waals surface area contributed by atoms with E-state index in [2.05, 4.69) is 21.2 Å². The number of hydrogen-bond acceptors (Lipinski definition) is 5. The molecule has 0 unspecified atom stereocenters. The molecule has 1 aromatic rings. The van der Waals surface area contributed by atoms with E-state index >= 15 is 0 Å². The third kappa shape index (κ3) is 3.05. The number of anilines is 2. The van der Waals surface area contributed by atoms with E-state index in [4.69, 9.17) is 0 Å². The highest BCUT2D eigenvalue weighted by Gasteiger charge is 2.20. The number of hydrazone groups is 1. The van der Waals surface area contributed by atoms with E-state index in [0.717, 1.165) is 4.90 Å². The van der Waals surface area contributed by atoms with Crippen molar-refractivity contribution in [3.63, 3.8) is 0 Å². The number of nitrogens with zero attached hydrogens (tertiary/aromatic N) is 1. The molecule has 0 aliphatic carbocycles. The average molecular weight is 304 g/mol. The van der Waals surface area contributed by atoms with Crippen LogP contribution in [0.2, 0.25) is 0 Å². The van der Waals surface area contributed by atoms with Gasteiger partial charge in [0.1, 0.15) is 5.71 Å². The maximum atomic E-state index is 12.0. The number of carbonyl (C=O) groups excluding carboxylic acids is 3. The van der Waals surface area contributed by atoms with E-state index in [-0.39, 0.29) is 29.9 Å². The van der Waals surface area contributed by atoms with Gasteiger partial charge in [0.05, 0.1) is 11.4 Å². The minimum atomic E-state index is -0.357. The maximum absolute atomic E-state index is 12.0. The molecular formula is C13H12N4O3S. The number of amides is 3. The molecule has 2 heterocycles. The van der Waals surface area contributed by atoms with E-state index in [1.807, 2.05) is 6.07 Å². The van der Waals surface area contributed by atoms with Crippen LogP contribution in [0.1, 0.15) is 12.8 Å². The number of thioether (sulfide) groups is 1. The van der Waals surface area contributed by atoms with Gasteiger partial charge in [-0.3, -0.25) is 14.4 Å². The Hall–Kier alpha value is -2.35. The number of hydrogen-bond donors (Lipinski definition) is 3. The maximum Gasteiger partial charge on any atom is 0.271 e. The van der Waals surface area contributed by atoms with Crippen LogP contribution in [0, 0.1) is 0 Å². The van der Waals surface area contributed by atoms with Crippen LogP contribution in [0.5, 0.6) is 0 Å². The van der Waals surface area contributed by atoms with Gasteiger partial charge in [0.25, 0.3) is 5.91 Å². The molecule has 0 fully saturated rings. The summed E-state index contributed by atoms with van der Waals surface area (Å²) < 4.78 is 0. The van der Waals surface area contributed by atoms with Crippen molar-refractivity contribution in [3.05, 3.63) is 18.2 Å². The fourth-order valence-electron chi connectivity index (χ4n) is 2.00. The van der Waals surface area contributed by atoms with Gasteiger partial charge in [0, 0.05) is 23.4 Å². The van der Waals surface area contributed by atoms with Crippen LogP contribution in [-0.4, -0.2) is 29.2 Å². The molecule has 0 saturated heterocycles. The number of carbonyl (C=O) groups is 3.